The van der Waals surface area contributed by atoms with Crippen LogP contribution < -0.4 is 14.5 Å². The molecule has 2 aromatic rings. The molecule has 2 heterocycles. The van der Waals surface area contributed by atoms with Gasteiger partial charge in [0.15, 0.2) is 0 Å². The predicted octanol–water partition coefficient (Wildman–Crippen LogP) is 1.82. The van der Waals surface area contributed by atoms with E-state index in [0.717, 1.165) is 24.5 Å². The van der Waals surface area contributed by atoms with Gasteiger partial charge in [-0.1, -0.05) is 6.07 Å². The number of methoxy groups -OCH3 is 1. The molecular weight excluding hydrogens is 330 g/mol. The van der Waals surface area contributed by atoms with Gasteiger partial charge in [-0.25, -0.2) is 9.97 Å². The summed E-state index contributed by atoms with van der Waals surface area (Å²) < 4.78 is 5.29. The van der Waals surface area contributed by atoms with Crippen LogP contribution in [0.5, 0.6) is 5.75 Å². The van der Waals surface area contributed by atoms with Crippen LogP contribution in [0.25, 0.3) is 0 Å². The summed E-state index contributed by atoms with van der Waals surface area (Å²) in [6.45, 7) is 4.77. The van der Waals surface area contributed by atoms with Crippen molar-refractivity contribution in [3.63, 3.8) is 0 Å². The Balaban J connectivity index is 1.67. The lowest BCUT2D eigenvalue weighted by molar-refractivity contribution is 0.0745. The summed E-state index contributed by atoms with van der Waals surface area (Å²) in [5.41, 5.74) is 2.40. The summed E-state index contributed by atoms with van der Waals surface area (Å²) in [5.74, 6) is 1.45. The molecular formula is C19H25N5O2. The van der Waals surface area contributed by atoms with E-state index in [9.17, 15) is 4.79 Å². The SMILES string of the molecule is COc1cccc(N2CCN(C(=O)c3cnc(N(C)C)nc3C)CC2)c1. The minimum atomic E-state index is -0.00176. The molecule has 0 saturated carbocycles. The normalized spacial score (nSPS) is 14.3. The van der Waals surface area contributed by atoms with Gasteiger partial charge in [-0.15, -0.1) is 0 Å². The van der Waals surface area contributed by atoms with Crippen molar-refractivity contribution in [2.45, 2.75) is 6.92 Å². The summed E-state index contributed by atoms with van der Waals surface area (Å²) in [6.07, 6.45) is 1.63. The van der Waals surface area contributed by atoms with Crippen LogP contribution in [-0.2, 0) is 0 Å². The van der Waals surface area contributed by atoms with Crippen molar-refractivity contribution in [3.8, 4) is 5.75 Å². The maximum atomic E-state index is 12.8. The minimum Gasteiger partial charge on any atom is -0.497 e. The van der Waals surface area contributed by atoms with Crippen LogP contribution in [0, 0.1) is 6.92 Å². The molecule has 26 heavy (non-hydrogen) atoms. The van der Waals surface area contributed by atoms with Gasteiger partial charge in [0.2, 0.25) is 5.95 Å². The summed E-state index contributed by atoms with van der Waals surface area (Å²) in [7, 11) is 5.43. The second-order valence-electron chi connectivity index (χ2n) is 6.54. The second kappa shape index (κ2) is 7.59. The van der Waals surface area contributed by atoms with Gasteiger partial charge in [0.1, 0.15) is 5.75 Å². The van der Waals surface area contributed by atoms with E-state index in [4.69, 9.17) is 4.74 Å². The Morgan fingerprint density at radius 3 is 2.54 bits per heavy atom. The topological polar surface area (TPSA) is 61.8 Å². The van der Waals surface area contributed by atoms with Crippen molar-refractivity contribution in [2.24, 2.45) is 0 Å². The number of hydrogen-bond acceptors (Lipinski definition) is 6. The number of anilines is 2. The van der Waals surface area contributed by atoms with Crippen molar-refractivity contribution >= 4 is 17.5 Å². The van der Waals surface area contributed by atoms with E-state index in [1.54, 1.807) is 13.3 Å². The Morgan fingerprint density at radius 2 is 1.92 bits per heavy atom. The quantitative estimate of drug-likeness (QED) is 0.834. The largest absolute Gasteiger partial charge is 0.497 e. The molecule has 1 aliphatic rings. The van der Waals surface area contributed by atoms with Crippen molar-refractivity contribution < 1.29 is 9.53 Å². The van der Waals surface area contributed by atoms with Crippen LogP contribution in [0.4, 0.5) is 11.6 Å². The number of rotatable bonds is 4. The van der Waals surface area contributed by atoms with Crippen LogP contribution in [0.1, 0.15) is 16.1 Å². The maximum Gasteiger partial charge on any atom is 0.257 e. The van der Waals surface area contributed by atoms with Gasteiger partial charge in [0, 0.05) is 58.2 Å². The molecule has 0 bridgehead atoms. The Labute approximate surface area is 154 Å². The number of amides is 1. The molecule has 1 aromatic heterocycles. The molecule has 3 rings (SSSR count). The Hall–Kier alpha value is -2.83. The highest BCUT2D eigenvalue weighted by atomic mass is 16.5. The first-order valence-corrected chi connectivity index (χ1v) is 8.69. The number of carbonyl (C=O) groups excluding carboxylic acids is 1. The highest BCUT2D eigenvalue weighted by Gasteiger charge is 2.24. The maximum absolute atomic E-state index is 12.8. The zero-order valence-corrected chi connectivity index (χ0v) is 15.8. The lowest BCUT2D eigenvalue weighted by Gasteiger charge is -2.36. The standard InChI is InChI=1S/C19H25N5O2/c1-14-17(13-20-19(21-14)22(2)3)18(25)24-10-8-23(9-11-24)15-6-5-7-16(12-15)26-4/h5-7,12-13H,8-11H2,1-4H3. The number of piperazine rings is 1. The smallest absolute Gasteiger partial charge is 0.257 e. The molecule has 1 aliphatic heterocycles. The van der Waals surface area contributed by atoms with Crippen molar-refractivity contribution in [2.75, 3.05) is 57.2 Å². The van der Waals surface area contributed by atoms with Crippen LogP contribution in [0.15, 0.2) is 30.5 Å². The molecule has 7 nitrogen and oxygen atoms in total. The number of aryl methyl sites for hydroxylation is 1. The summed E-state index contributed by atoms with van der Waals surface area (Å²) in [5, 5.41) is 0. The first-order chi connectivity index (χ1) is 12.5. The third-order valence-corrected chi connectivity index (χ3v) is 4.58. The molecule has 138 valence electrons. The van der Waals surface area contributed by atoms with Crippen molar-refractivity contribution in [3.05, 3.63) is 41.7 Å². The number of benzene rings is 1. The number of aromatic nitrogens is 2. The van der Waals surface area contributed by atoms with E-state index in [-0.39, 0.29) is 5.91 Å². The zero-order chi connectivity index (χ0) is 18.7. The summed E-state index contributed by atoms with van der Waals surface area (Å²) >= 11 is 0. The molecule has 1 saturated heterocycles. The molecule has 0 unspecified atom stereocenters. The fourth-order valence-corrected chi connectivity index (χ4v) is 3.03. The predicted molar refractivity (Wildman–Crippen MR) is 102 cm³/mol. The average molecular weight is 355 g/mol. The minimum absolute atomic E-state index is 0.00176. The van der Waals surface area contributed by atoms with Gasteiger partial charge < -0.3 is 19.4 Å². The fraction of sp³-hybridized carbons (Fsp3) is 0.421. The first kappa shape index (κ1) is 18.0. The van der Waals surface area contributed by atoms with Gasteiger partial charge >= 0.3 is 0 Å². The van der Waals surface area contributed by atoms with Crippen LogP contribution in [-0.4, -0.2) is 68.2 Å². The first-order valence-electron chi connectivity index (χ1n) is 8.69. The number of carbonyl (C=O) groups is 1. The van der Waals surface area contributed by atoms with E-state index in [1.165, 1.54) is 0 Å². The lowest BCUT2D eigenvalue weighted by Crippen LogP contribution is -2.49. The molecule has 1 amide bonds. The molecule has 0 atom stereocenters. The molecule has 0 radical (unpaired) electrons. The van der Waals surface area contributed by atoms with Gasteiger partial charge in [-0.05, 0) is 19.1 Å². The van der Waals surface area contributed by atoms with Crippen LogP contribution in [0.2, 0.25) is 0 Å². The molecule has 0 aliphatic carbocycles. The zero-order valence-electron chi connectivity index (χ0n) is 15.8. The third-order valence-electron chi connectivity index (χ3n) is 4.58. The third kappa shape index (κ3) is 3.71. The Morgan fingerprint density at radius 1 is 1.19 bits per heavy atom. The van der Waals surface area contributed by atoms with Gasteiger partial charge in [-0.2, -0.15) is 0 Å². The molecule has 0 spiro atoms. The summed E-state index contributed by atoms with van der Waals surface area (Å²) in [4.78, 5) is 27.5. The van der Waals surface area contributed by atoms with Gasteiger partial charge in [0.25, 0.3) is 5.91 Å². The van der Waals surface area contributed by atoms with E-state index >= 15 is 0 Å². The molecule has 1 aromatic carbocycles. The number of hydrogen-bond donors (Lipinski definition) is 0. The number of nitrogens with zero attached hydrogens (tertiary/aromatic N) is 5. The average Bonchev–Trinajstić information content (AvgIpc) is 2.67. The van der Waals surface area contributed by atoms with Crippen molar-refractivity contribution in [1.29, 1.82) is 0 Å². The van der Waals surface area contributed by atoms with Gasteiger partial charge in [0.05, 0.1) is 18.4 Å². The van der Waals surface area contributed by atoms with E-state index < -0.39 is 0 Å². The molecule has 7 heteroatoms. The molecule has 1 fully saturated rings. The highest BCUT2D eigenvalue weighted by molar-refractivity contribution is 5.95. The van der Waals surface area contributed by atoms with Crippen LogP contribution in [0.3, 0.4) is 0 Å². The van der Waals surface area contributed by atoms with Crippen LogP contribution >= 0.6 is 0 Å². The Kier molecular flexibility index (Phi) is 5.25. The number of ether oxygens (including phenoxy) is 1. The highest BCUT2D eigenvalue weighted by Crippen LogP contribution is 2.22. The Bertz CT molecular complexity index is 785. The second-order valence-corrected chi connectivity index (χ2v) is 6.54. The fourth-order valence-electron chi connectivity index (χ4n) is 3.03. The van der Waals surface area contributed by atoms with Gasteiger partial charge in [-0.3, -0.25) is 4.79 Å². The molecule has 0 N–H and O–H groups in total. The monoisotopic (exact) mass is 355 g/mol. The lowest BCUT2D eigenvalue weighted by atomic mass is 10.2. The van der Waals surface area contributed by atoms with E-state index in [0.29, 0.717) is 30.3 Å². The van der Waals surface area contributed by atoms with E-state index in [2.05, 4.69) is 20.9 Å². The van der Waals surface area contributed by atoms with Crippen molar-refractivity contribution in [1.82, 2.24) is 14.9 Å². The van der Waals surface area contributed by atoms with E-state index in [1.807, 2.05) is 49.0 Å². The summed E-state index contributed by atoms with van der Waals surface area (Å²) in [6, 6.07) is 8.01.